The van der Waals surface area contributed by atoms with Gasteiger partial charge in [-0.3, -0.25) is 4.79 Å². The number of rotatable bonds is 7. The van der Waals surface area contributed by atoms with E-state index in [1.165, 1.54) is 11.6 Å². The molecule has 1 aliphatic rings. The highest BCUT2D eigenvalue weighted by Crippen LogP contribution is 2.37. The van der Waals surface area contributed by atoms with Crippen LogP contribution in [0.3, 0.4) is 0 Å². The Morgan fingerprint density at radius 3 is 2.42 bits per heavy atom. The molecule has 0 saturated carbocycles. The summed E-state index contributed by atoms with van der Waals surface area (Å²) in [5.74, 6) is -0.302. The molecule has 0 aliphatic carbocycles. The average Bonchev–Trinajstić information content (AvgIpc) is 2.79. The lowest BCUT2D eigenvalue weighted by molar-refractivity contribution is -0.152. The number of hydrogen-bond donors (Lipinski definition) is 0. The van der Waals surface area contributed by atoms with Crippen LogP contribution >= 0.6 is 0 Å². The van der Waals surface area contributed by atoms with Crippen LogP contribution in [0.1, 0.15) is 62.0 Å². The van der Waals surface area contributed by atoms with E-state index >= 15 is 0 Å². The Bertz CT molecular complexity index is 711. The van der Waals surface area contributed by atoms with Gasteiger partial charge < -0.3 is 14.2 Å². The highest BCUT2D eigenvalue weighted by molar-refractivity contribution is 5.86. The molecule has 26 heavy (non-hydrogen) atoms. The number of carbonyl (C=O) groups is 2. The van der Waals surface area contributed by atoms with E-state index in [9.17, 15) is 9.59 Å². The summed E-state index contributed by atoms with van der Waals surface area (Å²) in [6, 6.07) is 4.24. The second-order valence-corrected chi connectivity index (χ2v) is 7.04. The first-order valence-electron chi connectivity index (χ1n) is 9.01. The van der Waals surface area contributed by atoms with Crippen molar-refractivity contribution in [2.45, 2.75) is 66.1 Å². The van der Waals surface area contributed by atoms with Gasteiger partial charge in [0, 0.05) is 12.8 Å². The monoisotopic (exact) mass is 360 g/mol. The Hall–Kier alpha value is -2.30. The van der Waals surface area contributed by atoms with Gasteiger partial charge in [-0.15, -0.1) is 0 Å². The maximum Gasteiger partial charge on any atom is 0.335 e. The lowest BCUT2D eigenvalue weighted by Crippen LogP contribution is -2.31. The minimum absolute atomic E-state index is 0.162. The predicted octanol–water partition coefficient (Wildman–Crippen LogP) is 4.23. The van der Waals surface area contributed by atoms with E-state index in [2.05, 4.69) is 32.9 Å². The van der Waals surface area contributed by atoms with Crippen molar-refractivity contribution in [1.82, 2.24) is 0 Å². The van der Waals surface area contributed by atoms with Crippen LogP contribution in [0.2, 0.25) is 0 Å². The summed E-state index contributed by atoms with van der Waals surface area (Å²) in [6.07, 6.45) is 1.62. The number of hydrogen-bond acceptors (Lipinski definition) is 5. The van der Waals surface area contributed by atoms with E-state index in [0.29, 0.717) is 18.8 Å². The van der Waals surface area contributed by atoms with Gasteiger partial charge in [-0.2, -0.15) is 0 Å². The van der Waals surface area contributed by atoms with Gasteiger partial charge in [0.15, 0.2) is 5.60 Å². The molecule has 0 radical (unpaired) electrons. The van der Waals surface area contributed by atoms with Crippen molar-refractivity contribution in [1.29, 1.82) is 0 Å². The molecule has 1 aliphatic heterocycles. The van der Waals surface area contributed by atoms with Gasteiger partial charge >= 0.3 is 11.9 Å². The van der Waals surface area contributed by atoms with Crippen molar-refractivity contribution in [2.75, 3.05) is 6.61 Å². The molecule has 0 aromatic heterocycles. The standard InChI is InChI=1S/C21H28O5/c1-7-24-18(22)8-9-21(6)17(12-19(23)26-21)25-16(5)20-14(3)10-13(2)11-15(20)4/h10-12,16H,7-9H2,1-6H3/t16-,21+/m1/s1. The molecule has 5 nitrogen and oxygen atoms in total. The zero-order valence-electron chi connectivity index (χ0n) is 16.5. The number of carbonyl (C=O) groups excluding carboxylic acids is 2. The predicted molar refractivity (Wildman–Crippen MR) is 98.6 cm³/mol. The minimum atomic E-state index is -0.954. The summed E-state index contributed by atoms with van der Waals surface area (Å²) >= 11 is 0. The van der Waals surface area contributed by atoms with Crippen molar-refractivity contribution in [3.63, 3.8) is 0 Å². The maximum atomic E-state index is 11.8. The van der Waals surface area contributed by atoms with E-state index in [0.717, 1.165) is 16.7 Å². The third kappa shape index (κ3) is 4.45. The Kier molecular flexibility index (Phi) is 6.11. The number of esters is 2. The van der Waals surface area contributed by atoms with Crippen LogP contribution in [0.4, 0.5) is 0 Å². The number of benzene rings is 1. The SMILES string of the molecule is CCOC(=O)CC[C@]1(C)OC(=O)C=C1O[C@H](C)c1c(C)cc(C)cc1C. The molecule has 0 N–H and O–H groups in total. The average molecular weight is 360 g/mol. The van der Waals surface area contributed by atoms with Gasteiger partial charge in [0.2, 0.25) is 0 Å². The Morgan fingerprint density at radius 1 is 1.23 bits per heavy atom. The fourth-order valence-electron chi connectivity index (χ4n) is 3.55. The fraction of sp³-hybridized carbons (Fsp3) is 0.524. The van der Waals surface area contributed by atoms with Gasteiger partial charge in [0.25, 0.3) is 0 Å². The van der Waals surface area contributed by atoms with Crippen LogP contribution in [-0.2, 0) is 23.8 Å². The van der Waals surface area contributed by atoms with E-state index in [1.54, 1.807) is 13.8 Å². The lowest BCUT2D eigenvalue weighted by Gasteiger charge is -2.29. The number of cyclic esters (lactones) is 1. The molecular formula is C21H28O5. The third-order valence-corrected chi connectivity index (χ3v) is 4.66. The second kappa shape index (κ2) is 7.94. The summed E-state index contributed by atoms with van der Waals surface area (Å²) in [5.41, 5.74) is 3.64. The second-order valence-electron chi connectivity index (χ2n) is 7.04. The summed E-state index contributed by atoms with van der Waals surface area (Å²) in [7, 11) is 0. The quantitative estimate of drug-likeness (QED) is 0.681. The zero-order valence-corrected chi connectivity index (χ0v) is 16.5. The molecule has 1 heterocycles. The van der Waals surface area contributed by atoms with Crippen molar-refractivity contribution >= 4 is 11.9 Å². The van der Waals surface area contributed by atoms with E-state index in [4.69, 9.17) is 14.2 Å². The molecule has 2 atom stereocenters. The smallest absolute Gasteiger partial charge is 0.335 e. The van der Waals surface area contributed by atoms with Crippen molar-refractivity contribution in [3.05, 3.63) is 46.2 Å². The molecule has 1 aromatic carbocycles. The van der Waals surface area contributed by atoms with Gasteiger partial charge in [0.1, 0.15) is 11.9 Å². The van der Waals surface area contributed by atoms with Gasteiger partial charge in [-0.1, -0.05) is 17.7 Å². The van der Waals surface area contributed by atoms with Crippen LogP contribution < -0.4 is 0 Å². The van der Waals surface area contributed by atoms with Gasteiger partial charge in [0.05, 0.1) is 12.7 Å². The Labute approximate surface area is 155 Å². The summed E-state index contributed by atoms with van der Waals surface area (Å²) < 4.78 is 16.5. The Balaban J connectivity index is 2.17. The normalized spacial score (nSPS) is 20.4. The van der Waals surface area contributed by atoms with E-state index in [-0.39, 0.29) is 18.5 Å². The molecule has 5 heteroatoms. The van der Waals surface area contributed by atoms with Crippen LogP contribution in [0.25, 0.3) is 0 Å². The van der Waals surface area contributed by atoms with Crippen molar-refractivity contribution < 1.29 is 23.8 Å². The van der Waals surface area contributed by atoms with Crippen LogP contribution in [0, 0.1) is 20.8 Å². The first-order chi connectivity index (χ1) is 12.2. The third-order valence-electron chi connectivity index (χ3n) is 4.66. The number of aryl methyl sites for hydroxylation is 3. The molecule has 0 fully saturated rings. The van der Waals surface area contributed by atoms with Crippen LogP contribution in [0.15, 0.2) is 24.0 Å². The topological polar surface area (TPSA) is 61.8 Å². The molecule has 0 spiro atoms. The minimum Gasteiger partial charge on any atom is -0.486 e. The first kappa shape index (κ1) is 20.0. The zero-order chi connectivity index (χ0) is 19.5. The number of ether oxygens (including phenoxy) is 3. The molecule has 1 aromatic rings. The highest BCUT2D eigenvalue weighted by Gasteiger charge is 2.41. The largest absolute Gasteiger partial charge is 0.486 e. The molecular weight excluding hydrogens is 332 g/mol. The lowest BCUT2D eigenvalue weighted by atomic mass is 9.95. The fourth-order valence-corrected chi connectivity index (χ4v) is 3.55. The molecule has 2 rings (SSSR count). The Morgan fingerprint density at radius 2 is 1.85 bits per heavy atom. The van der Waals surface area contributed by atoms with E-state index in [1.807, 2.05) is 6.92 Å². The summed E-state index contributed by atoms with van der Waals surface area (Å²) in [4.78, 5) is 23.5. The summed E-state index contributed by atoms with van der Waals surface area (Å²) in [6.45, 7) is 12.0. The molecule has 0 unspecified atom stereocenters. The van der Waals surface area contributed by atoms with Crippen molar-refractivity contribution in [3.8, 4) is 0 Å². The van der Waals surface area contributed by atoms with Crippen LogP contribution in [0.5, 0.6) is 0 Å². The highest BCUT2D eigenvalue weighted by atomic mass is 16.6. The molecule has 0 amide bonds. The van der Waals surface area contributed by atoms with Crippen LogP contribution in [-0.4, -0.2) is 24.1 Å². The van der Waals surface area contributed by atoms with E-state index < -0.39 is 11.6 Å². The maximum absolute atomic E-state index is 11.8. The molecule has 0 bridgehead atoms. The summed E-state index contributed by atoms with van der Waals surface area (Å²) in [5, 5.41) is 0. The first-order valence-corrected chi connectivity index (χ1v) is 9.01. The van der Waals surface area contributed by atoms with Gasteiger partial charge in [-0.05, 0) is 58.2 Å². The molecule has 142 valence electrons. The van der Waals surface area contributed by atoms with Gasteiger partial charge in [-0.25, -0.2) is 4.79 Å². The van der Waals surface area contributed by atoms with Crippen molar-refractivity contribution in [2.24, 2.45) is 0 Å². The molecule has 0 saturated heterocycles.